The van der Waals surface area contributed by atoms with Crippen LogP contribution in [0.15, 0.2) is 59.6 Å². The van der Waals surface area contributed by atoms with Gasteiger partial charge in [0.25, 0.3) is 21.8 Å². The number of carbonyl (C=O) groups excluding carboxylic acids is 2. The second-order valence-corrected chi connectivity index (χ2v) is 7.79. The van der Waals surface area contributed by atoms with Crippen LogP contribution in [0.5, 0.6) is 0 Å². The zero-order valence-corrected chi connectivity index (χ0v) is 14.4. The van der Waals surface area contributed by atoms with Crippen molar-refractivity contribution in [2.45, 2.75) is 4.90 Å². The molecular weight excluding hydrogens is 354 g/mol. The summed E-state index contributed by atoms with van der Waals surface area (Å²) in [5.41, 5.74) is 1.59. The number of pyridine rings is 1. The predicted octanol–water partition coefficient (Wildman–Crippen LogP) is 2.26. The summed E-state index contributed by atoms with van der Waals surface area (Å²) in [7, 11) is -2.70. The van der Waals surface area contributed by atoms with Gasteiger partial charge in [-0.05, 0) is 42.5 Å². The minimum absolute atomic E-state index is 0.0702. The number of fused-ring (bicyclic) bond motifs is 2. The topological polar surface area (TPSA) is 96.4 Å². The maximum absolute atomic E-state index is 12.5. The van der Waals surface area contributed by atoms with Crippen molar-refractivity contribution in [2.24, 2.45) is 0 Å². The zero-order chi connectivity index (χ0) is 18.5. The Morgan fingerprint density at radius 1 is 1.12 bits per heavy atom. The second-order valence-electron chi connectivity index (χ2n) is 5.85. The number of sulfonamides is 1. The fraction of sp³-hybridized carbons (Fsp3) is 0.0556. The van der Waals surface area contributed by atoms with E-state index in [1.54, 1.807) is 30.5 Å². The number of hydrogen-bond donors (Lipinski definition) is 1. The van der Waals surface area contributed by atoms with E-state index < -0.39 is 21.8 Å². The highest BCUT2D eigenvalue weighted by molar-refractivity contribution is 7.90. The molecule has 7 nitrogen and oxygen atoms in total. The lowest BCUT2D eigenvalue weighted by Gasteiger charge is -2.08. The average Bonchev–Trinajstić information content (AvgIpc) is 2.82. The molecule has 0 saturated heterocycles. The molecule has 130 valence electrons. The number of carbonyl (C=O) groups is 2. The van der Waals surface area contributed by atoms with Gasteiger partial charge in [0.1, 0.15) is 4.90 Å². The third-order valence-electron chi connectivity index (χ3n) is 4.26. The first-order valence-corrected chi connectivity index (χ1v) is 9.15. The van der Waals surface area contributed by atoms with E-state index in [-0.39, 0.29) is 16.0 Å². The lowest BCUT2D eigenvalue weighted by molar-refractivity contribution is 0.0890. The van der Waals surface area contributed by atoms with E-state index in [4.69, 9.17) is 0 Å². The molecule has 1 aliphatic rings. The third-order valence-corrected chi connectivity index (χ3v) is 6.04. The molecule has 0 aliphatic carbocycles. The maximum atomic E-state index is 12.5. The summed E-state index contributed by atoms with van der Waals surface area (Å²) in [5.74, 6) is -1.07. The van der Waals surface area contributed by atoms with Crippen molar-refractivity contribution in [3.8, 4) is 0 Å². The first kappa shape index (κ1) is 16.2. The van der Waals surface area contributed by atoms with Gasteiger partial charge < -0.3 is 5.32 Å². The Kier molecular flexibility index (Phi) is 3.52. The number of rotatable bonds is 2. The molecule has 1 aliphatic heterocycles. The van der Waals surface area contributed by atoms with Gasteiger partial charge in [0, 0.05) is 29.9 Å². The summed E-state index contributed by atoms with van der Waals surface area (Å²) < 4.78 is 25.2. The van der Waals surface area contributed by atoms with Gasteiger partial charge in [-0.15, -0.1) is 0 Å². The van der Waals surface area contributed by atoms with Crippen molar-refractivity contribution in [1.82, 2.24) is 9.29 Å². The third kappa shape index (κ3) is 2.42. The van der Waals surface area contributed by atoms with Crippen LogP contribution in [0.1, 0.15) is 20.7 Å². The van der Waals surface area contributed by atoms with Crippen LogP contribution in [0.3, 0.4) is 0 Å². The Labute approximate surface area is 149 Å². The monoisotopic (exact) mass is 367 g/mol. The van der Waals surface area contributed by atoms with E-state index in [0.29, 0.717) is 9.99 Å². The minimum Gasteiger partial charge on any atom is -0.322 e. The van der Waals surface area contributed by atoms with E-state index in [0.717, 1.165) is 10.9 Å². The van der Waals surface area contributed by atoms with Crippen molar-refractivity contribution in [2.75, 3.05) is 12.4 Å². The SMILES string of the molecule is CN1C(=O)c2ccc(C(=O)Nc3ccc4ncccc4c3)cc2S1(=O)=O. The standard InChI is InChI=1S/C18H13N3O4S/c1-21-18(23)14-6-4-12(10-16(14)26(21,24)25)17(22)20-13-5-7-15-11(9-13)3-2-8-19-15/h2-10H,1H3,(H,20,22). The molecule has 26 heavy (non-hydrogen) atoms. The molecule has 1 N–H and O–H groups in total. The van der Waals surface area contributed by atoms with Crippen LogP contribution in [0.4, 0.5) is 5.69 Å². The van der Waals surface area contributed by atoms with E-state index >= 15 is 0 Å². The molecule has 2 aromatic carbocycles. The molecule has 8 heteroatoms. The van der Waals surface area contributed by atoms with E-state index in [9.17, 15) is 18.0 Å². The molecule has 0 atom stereocenters. The molecule has 4 rings (SSSR count). The minimum atomic E-state index is -3.90. The largest absolute Gasteiger partial charge is 0.322 e. The van der Waals surface area contributed by atoms with Crippen molar-refractivity contribution in [3.63, 3.8) is 0 Å². The smallest absolute Gasteiger partial charge is 0.268 e. The number of benzene rings is 2. The molecule has 2 amide bonds. The van der Waals surface area contributed by atoms with Crippen LogP contribution in [-0.2, 0) is 10.0 Å². The van der Waals surface area contributed by atoms with Gasteiger partial charge in [-0.2, -0.15) is 0 Å². The summed E-state index contributed by atoms with van der Waals surface area (Å²) in [6.07, 6.45) is 1.68. The lowest BCUT2D eigenvalue weighted by Crippen LogP contribution is -2.24. The highest BCUT2D eigenvalue weighted by Crippen LogP contribution is 2.30. The molecule has 1 aromatic heterocycles. The highest BCUT2D eigenvalue weighted by Gasteiger charge is 2.38. The Morgan fingerprint density at radius 3 is 2.73 bits per heavy atom. The Balaban J connectivity index is 1.67. The molecular formula is C18H13N3O4S. The fourth-order valence-corrected chi connectivity index (χ4v) is 4.16. The molecule has 0 bridgehead atoms. The van der Waals surface area contributed by atoms with Crippen LogP contribution in [0.2, 0.25) is 0 Å². The van der Waals surface area contributed by atoms with Gasteiger partial charge >= 0.3 is 0 Å². The summed E-state index contributed by atoms with van der Waals surface area (Å²) in [4.78, 5) is 28.5. The Hall–Kier alpha value is -3.26. The molecule has 3 aromatic rings. The van der Waals surface area contributed by atoms with Gasteiger partial charge in [0.05, 0.1) is 11.1 Å². The molecule has 0 saturated carbocycles. The van der Waals surface area contributed by atoms with Crippen LogP contribution < -0.4 is 5.32 Å². The zero-order valence-electron chi connectivity index (χ0n) is 13.6. The van der Waals surface area contributed by atoms with Gasteiger partial charge in [0.2, 0.25) is 0 Å². The van der Waals surface area contributed by atoms with Gasteiger partial charge in [-0.3, -0.25) is 14.6 Å². The number of aromatic nitrogens is 1. The van der Waals surface area contributed by atoms with Crippen LogP contribution in [0.25, 0.3) is 10.9 Å². The maximum Gasteiger partial charge on any atom is 0.268 e. The van der Waals surface area contributed by atoms with E-state index in [2.05, 4.69) is 10.3 Å². The lowest BCUT2D eigenvalue weighted by atomic mass is 10.1. The highest BCUT2D eigenvalue weighted by atomic mass is 32.2. The van der Waals surface area contributed by atoms with Crippen molar-refractivity contribution < 1.29 is 18.0 Å². The normalized spacial score (nSPS) is 15.1. The van der Waals surface area contributed by atoms with E-state index in [1.807, 2.05) is 6.07 Å². The number of hydrogen-bond acceptors (Lipinski definition) is 5. The molecule has 0 spiro atoms. The predicted molar refractivity (Wildman–Crippen MR) is 95.4 cm³/mol. The fourth-order valence-electron chi connectivity index (χ4n) is 2.84. The summed E-state index contributed by atoms with van der Waals surface area (Å²) in [6.45, 7) is 0. The van der Waals surface area contributed by atoms with Gasteiger partial charge in [0.15, 0.2) is 0 Å². The summed E-state index contributed by atoms with van der Waals surface area (Å²) >= 11 is 0. The molecule has 0 fully saturated rings. The number of anilines is 1. The molecule has 2 heterocycles. The van der Waals surface area contributed by atoms with E-state index in [1.165, 1.54) is 25.2 Å². The van der Waals surface area contributed by atoms with Crippen LogP contribution in [-0.4, -0.2) is 36.6 Å². The summed E-state index contributed by atoms with van der Waals surface area (Å²) in [6, 6.07) is 13.0. The summed E-state index contributed by atoms with van der Waals surface area (Å²) in [5, 5.41) is 3.60. The average molecular weight is 367 g/mol. The number of nitrogens with one attached hydrogen (secondary N) is 1. The quantitative estimate of drug-likeness (QED) is 0.749. The molecule has 0 radical (unpaired) electrons. The van der Waals surface area contributed by atoms with Crippen LogP contribution in [0, 0.1) is 0 Å². The van der Waals surface area contributed by atoms with Crippen molar-refractivity contribution in [1.29, 1.82) is 0 Å². The van der Waals surface area contributed by atoms with Gasteiger partial charge in [-0.1, -0.05) is 6.07 Å². The Morgan fingerprint density at radius 2 is 1.92 bits per heavy atom. The first-order valence-electron chi connectivity index (χ1n) is 7.71. The van der Waals surface area contributed by atoms with Gasteiger partial charge in [-0.25, -0.2) is 12.7 Å². The number of nitrogens with zero attached hydrogens (tertiary/aromatic N) is 2. The number of amides is 2. The molecule has 0 unspecified atom stereocenters. The van der Waals surface area contributed by atoms with Crippen LogP contribution >= 0.6 is 0 Å². The Bertz CT molecular complexity index is 1190. The first-order chi connectivity index (χ1) is 12.4. The van der Waals surface area contributed by atoms with Crippen molar-refractivity contribution >= 4 is 38.4 Å². The second kappa shape index (κ2) is 5.63. The van der Waals surface area contributed by atoms with Crippen molar-refractivity contribution in [3.05, 3.63) is 65.9 Å².